The Hall–Kier alpha value is -0.610. The van der Waals surface area contributed by atoms with Gasteiger partial charge in [0.1, 0.15) is 6.10 Å². The van der Waals surface area contributed by atoms with Crippen molar-refractivity contribution in [2.24, 2.45) is 0 Å². The Morgan fingerprint density at radius 2 is 1.32 bits per heavy atom. The number of aliphatic hydroxyl groups is 1. The third-order valence-electron chi connectivity index (χ3n) is 4.43. The van der Waals surface area contributed by atoms with E-state index >= 15 is 0 Å². The van der Waals surface area contributed by atoms with Crippen LogP contribution in [0.3, 0.4) is 0 Å². The monoisotopic (exact) mass is 358 g/mol. The Balaban J connectivity index is 3.49. The fourth-order valence-corrected chi connectivity index (χ4v) is 2.79. The Kier molecular flexibility index (Phi) is 19.2. The average Bonchev–Trinajstić information content (AvgIpc) is 2.62. The number of carbonyl (C=O) groups is 1. The maximum Gasteiger partial charge on any atom is 0.306 e. The summed E-state index contributed by atoms with van der Waals surface area (Å²) in [6.07, 6.45) is 15.6. The number of unbranched alkanes of at least 4 members (excludes halogenated alkanes) is 11. The predicted molar refractivity (Wildman–Crippen MR) is 104 cm³/mol. The summed E-state index contributed by atoms with van der Waals surface area (Å²) < 4.78 is 10.8. The van der Waals surface area contributed by atoms with Crippen molar-refractivity contribution in [1.82, 2.24) is 0 Å². The molecule has 0 aliphatic rings. The highest BCUT2D eigenvalue weighted by molar-refractivity contribution is 5.69. The fraction of sp³-hybridized carbons (Fsp3) is 0.952. The van der Waals surface area contributed by atoms with Gasteiger partial charge < -0.3 is 14.6 Å². The van der Waals surface area contributed by atoms with E-state index in [-0.39, 0.29) is 12.6 Å². The van der Waals surface area contributed by atoms with Gasteiger partial charge in [0.05, 0.1) is 13.2 Å². The highest BCUT2D eigenvalue weighted by Crippen LogP contribution is 2.09. The lowest BCUT2D eigenvalue weighted by Gasteiger charge is -2.15. The standard InChI is InChI=1S/C21H42O4/c1-3-5-7-9-11-13-15-17-24-19-20(18-22)25-21(23)16-14-12-10-8-6-4-2/h20,22H,3-19H2,1-2H3. The van der Waals surface area contributed by atoms with Crippen molar-refractivity contribution in [3.63, 3.8) is 0 Å². The molecular weight excluding hydrogens is 316 g/mol. The van der Waals surface area contributed by atoms with E-state index in [0.29, 0.717) is 19.6 Å². The summed E-state index contributed by atoms with van der Waals surface area (Å²) in [5.74, 6) is -0.214. The summed E-state index contributed by atoms with van der Waals surface area (Å²) in [5.41, 5.74) is 0. The third-order valence-corrected chi connectivity index (χ3v) is 4.43. The first-order valence-electron chi connectivity index (χ1n) is 10.6. The molecule has 0 spiro atoms. The van der Waals surface area contributed by atoms with E-state index in [1.165, 1.54) is 64.2 Å². The maximum absolute atomic E-state index is 11.8. The van der Waals surface area contributed by atoms with Crippen LogP contribution in [-0.2, 0) is 14.3 Å². The van der Waals surface area contributed by atoms with Crippen molar-refractivity contribution in [3.8, 4) is 0 Å². The molecule has 0 bridgehead atoms. The molecule has 0 heterocycles. The van der Waals surface area contributed by atoms with E-state index in [1.807, 2.05) is 0 Å². The van der Waals surface area contributed by atoms with Crippen molar-refractivity contribution in [2.75, 3.05) is 19.8 Å². The zero-order chi connectivity index (χ0) is 18.6. The molecule has 0 saturated carbocycles. The minimum Gasteiger partial charge on any atom is -0.457 e. The van der Waals surface area contributed by atoms with Gasteiger partial charge in [-0.25, -0.2) is 0 Å². The molecule has 0 radical (unpaired) electrons. The lowest BCUT2D eigenvalue weighted by Crippen LogP contribution is -2.27. The second-order valence-electron chi connectivity index (χ2n) is 7.01. The highest BCUT2D eigenvalue weighted by atomic mass is 16.6. The Morgan fingerprint density at radius 3 is 1.88 bits per heavy atom. The molecule has 0 aromatic heterocycles. The van der Waals surface area contributed by atoms with Crippen molar-refractivity contribution in [3.05, 3.63) is 0 Å². The number of carbonyl (C=O) groups excluding carboxylic acids is 1. The van der Waals surface area contributed by atoms with Gasteiger partial charge in [-0.05, 0) is 12.8 Å². The van der Waals surface area contributed by atoms with Crippen LogP contribution in [0.4, 0.5) is 0 Å². The molecule has 0 amide bonds. The number of esters is 1. The summed E-state index contributed by atoms with van der Waals surface area (Å²) >= 11 is 0. The molecule has 0 fully saturated rings. The zero-order valence-electron chi connectivity index (χ0n) is 16.8. The molecule has 0 saturated heterocycles. The van der Waals surface area contributed by atoms with Gasteiger partial charge in [0.2, 0.25) is 0 Å². The second kappa shape index (κ2) is 19.7. The number of hydrogen-bond acceptors (Lipinski definition) is 4. The first-order valence-corrected chi connectivity index (χ1v) is 10.6. The van der Waals surface area contributed by atoms with Gasteiger partial charge in [0.15, 0.2) is 0 Å². The lowest BCUT2D eigenvalue weighted by atomic mass is 10.1. The van der Waals surface area contributed by atoms with Gasteiger partial charge in [-0.2, -0.15) is 0 Å². The van der Waals surface area contributed by atoms with Crippen LogP contribution in [0.2, 0.25) is 0 Å². The van der Waals surface area contributed by atoms with E-state index in [9.17, 15) is 9.90 Å². The second-order valence-corrected chi connectivity index (χ2v) is 7.01. The molecule has 150 valence electrons. The van der Waals surface area contributed by atoms with Crippen LogP contribution >= 0.6 is 0 Å². The molecule has 4 heteroatoms. The van der Waals surface area contributed by atoms with Gasteiger partial charge in [-0.3, -0.25) is 4.79 Å². The number of ether oxygens (including phenoxy) is 2. The number of rotatable bonds is 19. The van der Waals surface area contributed by atoms with Crippen molar-refractivity contribution in [1.29, 1.82) is 0 Å². The van der Waals surface area contributed by atoms with Crippen LogP contribution in [0, 0.1) is 0 Å². The fourth-order valence-electron chi connectivity index (χ4n) is 2.79. The van der Waals surface area contributed by atoms with Crippen LogP contribution in [0.15, 0.2) is 0 Å². The predicted octanol–water partition coefficient (Wildman–Crippen LogP) is 5.41. The third kappa shape index (κ3) is 18.0. The van der Waals surface area contributed by atoms with Gasteiger partial charge in [0, 0.05) is 13.0 Å². The minimum atomic E-state index is -0.517. The van der Waals surface area contributed by atoms with Crippen LogP contribution in [0.5, 0.6) is 0 Å². The first-order chi connectivity index (χ1) is 12.2. The molecule has 4 nitrogen and oxygen atoms in total. The van der Waals surface area contributed by atoms with E-state index in [1.54, 1.807) is 0 Å². The lowest BCUT2D eigenvalue weighted by molar-refractivity contribution is -0.154. The molecule has 0 aliphatic heterocycles. The van der Waals surface area contributed by atoms with Gasteiger partial charge in [-0.15, -0.1) is 0 Å². The Morgan fingerprint density at radius 1 is 0.800 bits per heavy atom. The Labute approximate surface area is 155 Å². The molecular formula is C21H42O4. The molecule has 25 heavy (non-hydrogen) atoms. The summed E-state index contributed by atoms with van der Waals surface area (Å²) in [6.45, 7) is 5.24. The molecule has 0 aliphatic carbocycles. The van der Waals surface area contributed by atoms with Crippen LogP contribution < -0.4 is 0 Å². The van der Waals surface area contributed by atoms with Crippen LogP contribution in [0.1, 0.15) is 104 Å². The van der Waals surface area contributed by atoms with Gasteiger partial charge in [0.25, 0.3) is 0 Å². The van der Waals surface area contributed by atoms with Crippen molar-refractivity contribution >= 4 is 5.97 Å². The molecule has 0 aromatic rings. The summed E-state index contributed by atoms with van der Waals surface area (Å²) in [4.78, 5) is 11.8. The smallest absolute Gasteiger partial charge is 0.306 e. The Bertz CT molecular complexity index is 281. The zero-order valence-corrected chi connectivity index (χ0v) is 16.8. The summed E-state index contributed by atoms with van der Waals surface area (Å²) in [5, 5.41) is 9.31. The van der Waals surface area contributed by atoms with Crippen LogP contribution in [-0.4, -0.2) is 37.0 Å². The summed E-state index contributed by atoms with van der Waals surface area (Å²) in [6, 6.07) is 0. The highest BCUT2D eigenvalue weighted by Gasteiger charge is 2.13. The topological polar surface area (TPSA) is 55.8 Å². The SMILES string of the molecule is CCCCCCCCCOCC(CO)OC(=O)CCCCCCCC. The number of aliphatic hydroxyl groups excluding tert-OH is 1. The average molecular weight is 359 g/mol. The number of hydrogen-bond donors (Lipinski definition) is 1. The molecule has 1 atom stereocenters. The quantitative estimate of drug-likeness (QED) is 0.248. The van der Waals surface area contributed by atoms with Crippen LogP contribution in [0.25, 0.3) is 0 Å². The van der Waals surface area contributed by atoms with Crippen molar-refractivity contribution in [2.45, 2.75) is 110 Å². The molecule has 0 aromatic carbocycles. The normalized spacial score (nSPS) is 12.3. The molecule has 1 N–H and O–H groups in total. The molecule has 0 rings (SSSR count). The van der Waals surface area contributed by atoms with E-state index in [4.69, 9.17) is 9.47 Å². The minimum absolute atomic E-state index is 0.167. The van der Waals surface area contributed by atoms with E-state index in [2.05, 4.69) is 13.8 Å². The molecule has 1 unspecified atom stereocenters. The first kappa shape index (κ1) is 24.4. The van der Waals surface area contributed by atoms with E-state index in [0.717, 1.165) is 19.3 Å². The maximum atomic E-state index is 11.8. The van der Waals surface area contributed by atoms with Gasteiger partial charge >= 0.3 is 5.97 Å². The van der Waals surface area contributed by atoms with Gasteiger partial charge in [-0.1, -0.05) is 84.5 Å². The summed E-state index contributed by atoms with van der Waals surface area (Å²) in [7, 11) is 0. The largest absolute Gasteiger partial charge is 0.457 e. The van der Waals surface area contributed by atoms with Crippen molar-refractivity contribution < 1.29 is 19.4 Å². The van der Waals surface area contributed by atoms with E-state index < -0.39 is 6.10 Å².